The molecule has 0 aromatic heterocycles. The van der Waals surface area contributed by atoms with Gasteiger partial charge in [0.05, 0.1) is 11.4 Å². The molecule has 3 aliphatic heterocycles. The van der Waals surface area contributed by atoms with Crippen LogP contribution in [0.5, 0.6) is 17.2 Å². The number of nitrogens with one attached hydrogen (secondary N) is 1. The Morgan fingerprint density at radius 3 is 2.63 bits per heavy atom. The zero-order valence-corrected chi connectivity index (χ0v) is 17.6. The Hall–Kier alpha value is -2.64. The number of nitrogens with zero attached hydrogens (tertiary/aromatic N) is 2. The molecular formula is C22H26ClN3O4. The highest BCUT2D eigenvalue weighted by Crippen LogP contribution is 2.39. The summed E-state index contributed by atoms with van der Waals surface area (Å²) in [6.45, 7) is 6.26. The molecule has 0 spiro atoms. The van der Waals surface area contributed by atoms with Crippen molar-refractivity contribution in [3.8, 4) is 17.2 Å². The summed E-state index contributed by atoms with van der Waals surface area (Å²) in [6.07, 6.45) is 0.945. The predicted molar refractivity (Wildman–Crippen MR) is 118 cm³/mol. The number of carbonyl (C=O) groups excluding carboxylic acids is 1. The van der Waals surface area contributed by atoms with Crippen molar-refractivity contribution in [2.75, 3.05) is 62.8 Å². The van der Waals surface area contributed by atoms with Crippen LogP contribution in [0.3, 0.4) is 0 Å². The third kappa shape index (κ3) is 4.27. The summed E-state index contributed by atoms with van der Waals surface area (Å²) in [4.78, 5) is 16.4. The number of rotatable bonds is 4. The average Bonchev–Trinajstić information content (AvgIpc) is 2.77. The Labute approximate surface area is 182 Å². The maximum absolute atomic E-state index is 11.5. The van der Waals surface area contributed by atoms with Crippen LogP contribution < -0.4 is 24.4 Å². The first-order chi connectivity index (χ1) is 14.3. The Morgan fingerprint density at radius 1 is 0.933 bits per heavy atom. The molecule has 1 amide bonds. The Kier molecular flexibility index (Phi) is 6.20. The number of amides is 1. The maximum Gasteiger partial charge on any atom is 0.262 e. The molecule has 2 aromatic carbocycles. The van der Waals surface area contributed by atoms with Gasteiger partial charge in [-0.25, -0.2) is 0 Å². The molecule has 30 heavy (non-hydrogen) atoms. The van der Waals surface area contributed by atoms with Gasteiger partial charge in [0.2, 0.25) is 0 Å². The number of fused-ring (bicyclic) bond motifs is 2. The minimum atomic E-state index is -0.0942. The highest BCUT2D eigenvalue weighted by Gasteiger charge is 2.23. The van der Waals surface area contributed by atoms with Crippen molar-refractivity contribution in [1.29, 1.82) is 0 Å². The second kappa shape index (κ2) is 9.02. The summed E-state index contributed by atoms with van der Waals surface area (Å²) in [6, 6.07) is 12.2. The van der Waals surface area contributed by atoms with Gasteiger partial charge >= 0.3 is 0 Å². The van der Waals surface area contributed by atoms with Gasteiger partial charge in [-0.3, -0.25) is 9.69 Å². The third-order valence-electron chi connectivity index (χ3n) is 5.65. The van der Waals surface area contributed by atoms with E-state index in [2.05, 4.69) is 27.2 Å². The maximum atomic E-state index is 11.5. The lowest BCUT2D eigenvalue weighted by atomic mass is 10.1. The molecular weight excluding hydrogens is 406 g/mol. The first-order valence-corrected chi connectivity index (χ1v) is 10.2. The smallest absolute Gasteiger partial charge is 0.262 e. The second-order valence-electron chi connectivity index (χ2n) is 7.55. The number of ether oxygens (including phenoxy) is 3. The van der Waals surface area contributed by atoms with E-state index in [0.29, 0.717) is 13.2 Å². The fourth-order valence-electron chi connectivity index (χ4n) is 4.09. The summed E-state index contributed by atoms with van der Waals surface area (Å²) < 4.78 is 17.0. The number of benzene rings is 2. The van der Waals surface area contributed by atoms with Crippen molar-refractivity contribution < 1.29 is 19.0 Å². The van der Waals surface area contributed by atoms with Crippen molar-refractivity contribution in [3.05, 3.63) is 42.0 Å². The molecule has 3 aliphatic rings. The van der Waals surface area contributed by atoms with Crippen molar-refractivity contribution in [2.45, 2.75) is 6.42 Å². The Bertz CT molecular complexity index is 915. The van der Waals surface area contributed by atoms with Crippen LogP contribution in [-0.4, -0.2) is 63.4 Å². The van der Waals surface area contributed by atoms with Crippen LogP contribution in [0, 0.1) is 0 Å². The molecule has 1 N–H and O–H groups in total. The topological polar surface area (TPSA) is 63.3 Å². The molecule has 0 aliphatic carbocycles. The minimum Gasteiger partial charge on any atom is -0.486 e. The minimum absolute atomic E-state index is 0. The molecule has 0 radical (unpaired) electrons. The zero-order valence-electron chi connectivity index (χ0n) is 16.8. The van der Waals surface area contributed by atoms with Gasteiger partial charge in [0.1, 0.15) is 19.0 Å². The van der Waals surface area contributed by atoms with Crippen LogP contribution in [-0.2, 0) is 11.2 Å². The van der Waals surface area contributed by atoms with Crippen LogP contribution in [0.2, 0.25) is 0 Å². The quantitative estimate of drug-likeness (QED) is 0.802. The summed E-state index contributed by atoms with van der Waals surface area (Å²) in [7, 11) is 0. The zero-order chi connectivity index (χ0) is 19.6. The molecule has 3 heterocycles. The number of piperazine rings is 1. The van der Waals surface area contributed by atoms with E-state index in [1.165, 1.54) is 5.56 Å². The molecule has 7 nitrogen and oxygen atoms in total. The van der Waals surface area contributed by atoms with Gasteiger partial charge in [0, 0.05) is 32.7 Å². The molecule has 8 heteroatoms. The van der Waals surface area contributed by atoms with Crippen LogP contribution in [0.4, 0.5) is 11.4 Å². The summed E-state index contributed by atoms with van der Waals surface area (Å²) >= 11 is 0. The predicted octanol–water partition coefficient (Wildman–Crippen LogP) is 2.58. The first kappa shape index (κ1) is 20.6. The van der Waals surface area contributed by atoms with E-state index in [1.54, 1.807) is 0 Å². The molecule has 5 rings (SSSR count). The Morgan fingerprint density at radius 2 is 1.77 bits per heavy atom. The SMILES string of the molecule is Cl.O=C1COc2ccc(CCN3CCN(c4cccc5c4OCCO5)CC3)cc2N1. The standard InChI is InChI=1S/C22H25N3O4.ClH/c26-21-15-29-19-5-4-16(14-17(19)23-21)6-7-24-8-10-25(11-9-24)18-2-1-3-20-22(18)28-13-12-27-20;/h1-5,14H,6-13,15H2,(H,23,26);1H. The van der Waals surface area contributed by atoms with Crippen LogP contribution >= 0.6 is 12.4 Å². The van der Waals surface area contributed by atoms with Crippen molar-refractivity contribution in [1.82, 2.24) is 4.90 Å². The largest absolute Gasteiger partial charge is 0.486 e. The van der Waals surface area contributed by atoms with Crippen LogP contribution in [0.25, 0.3) is 0 Å². The molecule has 160 valence electrons. The van der Waals surface area contributed by atoms with Crippen molar-refractivity contribution in [3.63, 3.8) is 0 Å². The van der Waals surface area contributed by atoms with Crippen molar-refractivity contribution in [2.24, 2.45) is 0 Å². The summed E-state index contributed by atoms with van der Waals surface area (Å²) in [5.41, 5.74) is 3.12. The molecule has 0 bridgehead atoms. The molecule has 1 fully saturated rings. The summed E-state index contributed by atoms with van der Waals surface area (Å²) in [5, 5.41) is 2.88. The van der Waals surface area contributed by atoms with E-state index in [4.69, 9.17) is 14.2 Å². The number of anilines is 2. The Balaban J connectivity index is 0.00000218. The van der Waals surface area contributed by atoms with Gasteiger partial charge in [-0.05, 0) is 36.2 Å². The average molecular weight is 432 g/mol. The third-order valence-corrected chi connectivity index (χ3v) is 5.65. The second-order valence-corrected chi connectivity index (χ2v) is 7.55. The number of hydrogen-bond acceptors (Lipinski definition) is 6. The highest BCUT2D eigenvalue weighted by atomic mass is 35.5. The van der Waals surface area contributed by atoms with E-state index in [-0.39, 0.29) is 24.9 Å². The van der Waals surface area contributed by atoms with E-state index >= 15 is 0 Å². The van der Waals surface area contributed by atoms with Crippen molar-refractivity contribution >= 4 is 29.7 Å². The number of carbonyl (C=O) groups is 1. The molecule has 0 atom stereocenters. The van der Waals surface area contributed by atoms with Gasteiger partial charge in [-0.2, -0.15) is 0 Å². The fourth-order valence-corrected chi connectivity index (χ4v) is 4.09. The normalized spacial score (nSPS) is 18.0. The van der Waals surface area contributed by atoms with Crippen LogP contribution in [0.15, 0.2) is 36.4 Å². The highest BCUT2D eigenvalue weighted by molar-refractivity contribution is 5.95. The molecule has 0 saturated carbocycles. The van der Waals surface area contributed by atoms with Gasteiger partial charge < -0.3 is 24.4 Å². The summed E-state index contributed by atoms with van der Waals surface area (Å²) in [5.74, 6) is 2.38. The lowest BCUT2D eigenvalue weighted by Gasteiger charge is -2.37. The fraction of sp³-hybridized carbons (Fsp3) is 0.409. The van der Waals surface area contributed by atoms with E-state index < -0.39 is 0 Å². The van der Waals surface area contributed by atoms with E-state index in [9.17, 15) is 4.79 Å². The molecule has 2 aromatic rings. The lowest BCUT2D eigenvalue weighted by Crippen LogP contribution is -2.47. The van der Waals surface area contributed by atoms with E-state index in [0.717, 1.165) is 67.8 Å². The van der Waals surface area contributed by atoms with Crippen LogP contribution in [0.1, 0.15) is 5.56 Å². The monoisotopic (exact) mass is 431 g/mol. The van der Waals surface area contributed by atoms with Gasteiger partial charge in [-0.1, -0.05) is 12.1 Å². The first-order valence-electron chi connectivity index (χ1n) is 10.2. The molecule has 1 saturated heterocycles. The van der Waals surface area contributed by atoms with Gasteiger partial charge in [-0.15, -0.1) is 12.4 Å². The molecule has 0 unspecified atom stereocenters. The van der Waals surface area contributed by atoms with Gasteiger partial charge in [0.25, 0.3) is 5.91 Å². The van der Waals surface area contributed by atoms with E-state index in [1.807, 2.05) is 24.3 Å². The number of hydrogen-bond donors (Lipinski definition) is 1. The lowest BCUT2D eigenvalue weighted by molar-refractivity contribution is -0.118. The number of para-hydroxylation sites is 1. The van der Waals surface area contributed by atoms with Gasteiger partial charge in [0.15, 0.2) is 18.1 Å². The number of halogens is 1.